The number of rotatable bonds is 2. The molecule has 1 aliphatic rings. The van der Waals surface area contributed by atoms with Gasteiger partial charge in [0.25, 0.3) is 0 Å². The van der Waals surface area contributed by atoms with Crippen LogP contribution in [-0.4, -0.2) is 16.3 Å². The molecule has 4 rings (SSSR count). The topological polar surface area (TPSA) is 29.9 Å². The summed E-state index contributed by atoms with van der Waals surface area (Å²) in [6.07, 6.45) is 3.19. The van der Waals surface area contributed by atoms with Gasteiger partial charge in [0.1, 0.15) is 11.5 Å². The molecule has 0 unspecified atom stereocenters. The van der Waals surface area contributed by atoms with Crippen LogP contribution in [0.3, 0.4) is 0 Å². The average molecular weight is 437 g/mol. The Morgan fingerprint density at radius 2 is 1.80 bits per heavy atom. The van der Waals surface area contributed by atoms with Gasteiger partial charge in [0, 0.05) is 22.1 Å². The van der Waals surface area contributed by atoms with Crippen molar-refractivity contribution < 1.29 is 0 Å². The molecular weight excluding hydrogens is 421 g/mol. The average Bonchev–Trinajstić information content (AvgIpc) is 2.77. The first-order chi connectivity index (χ1) is 12.1. The van der Waals surface area contributed by atoms with Crippen molar-refractivity contribution in [2.75, 3.05) is 11.9 Å². The number of hydrogen-bond donors (Lipinski definition) is 1. The predicted octanol–water partition coefficient (Wildman–Crippen LogP) is 6.36. The van der Waals surface area contributed by atoms with Crippen molar-refractivity contribution in [3.05, 3.63) is 62.5 Å². The highest BCUT2D eigenvalue weighted by molar-refractivity contribution is 9.10. The molecule has 1 aromatic heterocycles. The van der Waals surface area contributed by atoms with Crippen LogP contribution in [0.25, 0.3) is 16.9 Å². The normalized spacial score (nSPS) is 13.9. The van der Waals surface area contributed by atoms with Gasteiger partial charge in [-0.15, -0.1) is 0 Å². The van der Waals surface area contributed by atoms with Crippen LogP contribution >= 0.6 is 39.1 Å². The lowest BCUT2D eigenvalue weighted by molar-refractivity contribution is 0.780. The molecule has 1 N–H and O–H groups in total. The molecule has 2 aromatic carbocycles. The fraction of sp³-hybridized carbons (Fsp3) is 0.211. The molecule has 2 heterocycles. The molecule has 25 heavy (non-hydrogen) atoms. The fourth-order valence-corrected chi connectivity index (χ4v) is 4.19. The third-order valence-corrected chi connectivity index (χ3v) is 5.51. The Morgan fingerprint density at radius 3 is 2.56 bits per heavy atom. The summed E-state index contributed by atoms with van der Waals surface area (Å²) in [6, 6.07) is 13.7. The number of halogens is 3. The molecular formula is C19H16BrCl2N3. The van der Waals surface area contributed by atoms with Crippen molar-refractivity contribution >= 4 is 44.9 Å². The Morgan fingerprint density at radius 1 is 1.04 bits per heavy atom. The van der Waals surface area contributed by atoms with Gasteiger partial charge in [0.2, 0.25) is 0 Å². The van der Waals surface area contributed by atoms with E-state index >= 15 is 0 Å². The highest BCUT2D eigenvalue weighted by atomic mass is 79.9. The summed E-state index contributed by atoms with van der Waals surface area (Å²) < 4.78 is 2.97. The van der Waals surface area contributed by atoms with Gasteiger partial charge in [-0.05, 0) is 49.6 Å². The number of nitrogens with zero attached hydrogens (tertiary/aromatic N) is 2. The SMILES string of the molecule is Clc1cccc(Cl)c1-c1nn(-c2cccc(Br)c2)c2c1CCCCN2. The number of anilines is 1. The summed E-state index contributed by atoms with van der Waals surface area (Å²) in [4.78, 5) is 0. The Bertz CT molecular complexity index is 916. The molecule has 0 aliphatic carbocycles. The van der Waals surface area contributed by atoms with Crippen LogP contribution < -0.4 is 5.32 Å². The van der Waals surface area contributed by atoms with E-state index in [1.807, 2.05) is 41.1 Å². The number of nitrogens with one attached hydrogen (secondary N) is 1. The second-order valence-corrected chi connectivity index (χ2v) is 7.78. The molecule has 0 fully saturated rings. The van der Waals surface area contributed by atoms with Gasteiger partial charge in [-0.25, -0.2) is 4.68 Å². The van der Waals surface area contributed by atoms with Gasteiger partial charge >= 0.3 is 0 Å². The van der Waals surface area contributed by atoms with Crippen LogP contribution in [0.4, 0.5) is 5.82 Å². The first kappa shape index (κ1) is 17.0. The summed E-state index contributed by atoms with van der Waals surface area (Å²) in [5.41, 5.74) is 3.83. The molecule has 3 aromatic rings. The third kappa shape index (κ3) is 3.19. The quantitative estimate of drug-likeness (QED) is 0.506. The van der Waals surface area contributed by atoms with Crippen LogP contribution in [-0.2, 0) is 6.42 Å². The maximum atomic E-state index is 6.47. The molecule has 0 radical (unpaired) electrons. The first-order valence-corrected chi connectivity index (χ1v) is 9.76. The van der Waals surface area contributed by atoms with E-state index in [-0.39, 0.29) is 0 Å². The number of aromatic nitrogens is 2. The lowest BCUT2D eigenvalue weighted by Crippen LogP contribution is -2.07. The standard InChI is InChI=1S/C19H16BrCl2N3/c20-12-5-3-6-13(11-12)25-19-14(7-1-2-10-23-19)18(24-25)17-15(21)8-4-9-16(17)22/h3-6,8-9,11,23H,1-2,7,10H2. The summed E-state index contributed by atoms with van der Waals surface area (Å²) >= 11 is 16.5. The minimum Gasteiger partial charge on any atom is -0.370 e. The van der Waals surface area contributed by atoms with Crippen LogP contribution in [0.2, 0.25) is 10.0 Å². The van der Waals surface area contributed by atoms with Gasteiger partial charge in [0.15, 0.2) is 0 Å². The zero-order valence-electron chi connectivity index (χ0n) is 13.4. The van der Waals surface area contributed by atoms with Crippen molar-refractivity contribution in [3.63, 3.8) is 0 Å². The summed E-state index contributed by atoms with van der Waals surface area (Å²) in [6.45, 7) is 0.933. The van der Waals surface area contributed by atoms with Crippen LogP contribution in [0.15, 0.2) is 46.9 Å². The lowest BCUT2D eigenvalue weighted by atomic mass is 10.0. The Labute approximate surface area is 165 Å². The molecule has 0 atom stereocenters. The smallest absolute Gasteiger partial charge is 0.133 e. The molecule has 128 valence electrons. The Balaban J connectivity index is 1.97. The fourth-order valence-electron chi connectivity index (χ4n) is 3.22. The number of fused-ring (bicyclic) bond motifs is 1. The molecule has 0 amide bonds. The van der Waals surface area contributed by atoms with Crippen molar-refractivity contribution in [1.82, 2.24) is 9.78 Å². The minimum atomic E-state index is 0.624. The molecule has 6 heteroatoms. The van der Waals surface area contributed by atoms with Gasteiger partial charge < -0.3 is 5.32 Å². The van der Waals surface area contributed by atoms with E-state index in [2.05, 4.69) is 27.3 Å². The molecule has 1 aliphatic heterocycles. The van der Waals surface area contributed by atoms with E-state index in [9.17, 15) is 0 Å². The molecule has 3 nitrogen and oxygen atoms in total. The van der Waals surface area contributed by atoms with E-state index < -0.39 is 0 Å². The van der Waals surface area contributed by atoms with Crippen LogP contribution in [0, 0.1) is 0 Å². The molecule has 0 saturated heterocycles. The van der Waals surface area contributed by atoms with Gasteiger partial charge in [-0.3, -0.25) is 0 Å². The molecule has 0 spiro atoms. The monoisotopic (exact) mass is 435 g/mol. The Hall–Kier alpha value is -1.49. The largest absolute Gasteiger partial charge is 0.370 e. The van der Waals surface area contributed by atoms with Crippen molar-refractivity contribution in [1.29, 1.82) is 0 Å². The summed E-state index contributed by atoms with van der Waals surface area (Å²) in [7, 11) is 0. The van der Waals surface area contributed by atoms with E-state index in [0.717, 1.165) is 53.0 Å². The lowest BCUT2D eigenvalue weighted by Gasteiger charge is -2.09. The second kappa shape index (κ2) is 7.02. The second-order valence-electron chi connectivity index (χ2n) is 6.05. The maximum Gasteiger partial charge on any atom is 0.133 e. The van der Waals surface area contributed by atoms with E-state index in [0.29, 0.717) is 10.0 Å². The van der Waals surface area contributed by atoms with Crippen molar-refractivity contribution in [3.8, 4) is 16.9 Å². The third-order valence-electron chi connectivity index (χ3n) is 4.38. The minimum absolute atomic E-state index is 0.624. The van der Waals surface area contributed by atoms with Gasteiger partial charge in [-0.2, -0.15) is 5.10 Å². The predicted molar refractivity (Wildman–Crippen MR) is 108 cm³/mol. The van der Waals surface area contributed by atoms with Gasteiger partial charge in [0.05, 0.1) is 15.7 Å². The summed E-state index contributed by atoms with van der Waals surface area (Å²) in [5, 5.41) is 9.69. The van der Waals surface area contributed by atoms with E-state index in [1.54, 1.807) is 0 Å². The van der Waals surface area contributed by atoms with Crippen LogP contribution in [0.1, 0.15) is 18.4 Å². The van der Waals surface area contributed by atoms with E-state index in [1.165, 1.54) is 5.56 Å². The zero-order chi connectivity index (χ0) is 17.4. The number of benzene rings is 2. The Kier molecular flexibility index (Phi) is 4.76. The van der Waals surface area contributed by atoms with Crippen LogP contribution in [0.5, 0.6) is 0 Å². The number of hydrogen-bond acceptors (Lipinski definition) is 2. The molecule has 0 bridgehead atoms. The molecule has 0 saturated carbocycles. The van der Waals surface area contributed by atoms with E-state index in [4.69, 9.17) is 28.3 Å². The first-order valence-electron chi connectivity index (χ1n) is 8.21. The summed E-state index contributed by atoms with van der Waals surface area (Å²) in [5.74, 6) is 1.03. The highest BCUT2D eigenvalue weighted by Gasteiger charge is 2.24. The van der Waals surface area contributed by atoms with Crippen molar-refractivity contribution in [2.45, 2.75) is 19.3 Å². The van der Waals surface area contributed by atoms with Gasteiger partial charge in [-0.1, -0.05) is 51.3 Å². The maximum absolute atomic E-state index is 6.47. The highest BCUT2D eigenvalue weighted by Crippen LogP contribution is 2.40. The zero-order valence-corrected chi connectivity index (χ0v) is 16.5. The van der Waals surface area contributed by atoms with Crippen molar-refractivity contribution in [2.24, 2.45) is 0 Å².